The Labute approximate surface area is 137 Å². The molecule has 1 saturated heterocycles. The molecule has 0 spiro atoms. The lowest BCUT2D eigenvalue weighted by atomic mass is 10.2. The number of esters is 1. The predicted octanol–water partition coefficient (Wildman–Crippen LogP) is 2.08. The number of carbonyl (C=O) groups is 2. The average Bonchev–Trinajstić information content (AvgIpc) is 2.43. The van der Waals surface area contributed by atoms with Crippen molar-refractivity contribution in [3.8, 4) is 0 Å². The summed E-state index contributed by atoms with van der Waals surface area (Å²) in [6, 6.07) is 7.13. The van der Waals surface area contributed by atoms with Gasteiger partial charge < -0.3 is 14.4 Å². The van der Waals surface area contributed by atoms with E-state index in [0.717, 1.165) is 3.57 Å². The molecule has 1 heterocycles. The van der Waals surface area contributed by atoms with Gasteiger partial charge >= 0.3 is 5.97 Å². The molecule has 2 rings (SSSR count). The van der Waals surface area contributed by atoms with Gasteiger partial charge in [0.05, 0.1) is 17.8 Å². The summed E-state index contributed by atoms with van der Waals surface area (Å²) in [5.41, 5.74) is 0.481. The highest BCUT2D eigenvalue weighted by Gasteiger charge is 2.26. The number of nitrogens with zero attached hydrogens (tertiary/aromatic N) is 1. The van der Waals surface area contributed by atoms with E-state index < -0.39 is 5.97 Å². The van der Waals surface area contributed by atoms with Crippen LogP contribution in [0, 0.1) is 3.57 Å². The van der Waals surface area contributed by atoms with Crippen molar-refractivity contribution in [3.63, 3.8) is 0 Å². The van der Waals surface area contributed by atoms with Crippen molar-refractivity contribution in [1.82, 2.24) is 4.90 Å². The molecule has 6 heteroatoms. The number of hydrogen-bond donors (Lipinski definition) is 0. The first kappa shape index (κ1) is 16.2. The Bertz CT molecular complexity index is 524. The quantitative estimate of drug-likeness (QED) is 0.573. The maximum atomic E-state index is 12.1. The van der Waals surface area contributed by atoms with Crippen molar-refractivity contribution in [3.05, 3.63) is 33.4 Å². The number of ether oxygens (including phenoxy) is 2. The minimum absolute atomic E-state index is 0.00322. The van der Waals surface area contributed by atoms with E-state index in [4.69, 9.17) is 9.47 Å². The van der Waals surface area contributed by atoms with E-state index in [0.29, 0.717) is 18.7 Å². The first-order valence-corrected chi connectivity index (χ1v) is 7.90. The van der Waals surface area contributed by atoms with Crippen LogP contribution in [0.3, 0.4) is 0 Å². The van der Waals surface area contributed by atoms with Crippen molar-refractivity contribution >= 4 is 34.5 Å². The first-order valence-electron chi connectivity index (χ1n) is 6.82. The summed E-state index contributed by atoms with van der Waals surface area (Å²) in [4.78, 5) is 25.7. The third-order valence-electron chi connectivity index (χ3n) is 3.19. The fraction of sp³-hybridized carbons (Fsp3) is 0.467. The molecule has 0 aliphatic carbocycles. The van der Waals surface area contributed by atoms with Crippen LogP contribution in [0.25, 0.3) is 0 Å². The third kappa shape index (κ3) is 4.41. The van der Waals surface area contributed by atoms with Gasteiger partial charge in [-0.1, -0.05) is 12.1 Å². The number of carbonyl (C=O) groups excluding carboxylic acids is 2. The zero-order valence-electron chi connectivity index (χ0n) is 12.0. The van der Waals surface area contributed by atoms with Crippen molar-refractivity contribution in [1.29, 1.82) is 0 Å². The largest absolute Gasteiger partial charge is 0.452 e. The Morgan fingerprint density at radius 3 is 2.52 bits per heavy atom. The monoisotopic (exact) mass is 403 g/mol. The number of halogens is 1. The van der Waals surface area contributed by atoms with E-state index in [1.165, 1.54) is 0 Å². The molecule has 1 aromatic rings. The van der Waals surface area contributed by atoms with Gasteiger partial charge in [0.2, 0.25) is 0 Å². The molecule has 21 heavy (non-hydrogen) atoms. The molecule has 1 fully saturated rings. The summed E-state index contributed by atoms with van der Waals surface area (Å²) in [6.45, 7) is 4.68. The number of amides is 1. The number of morpholine rings is 1. The maximum absolute atomic E-state index is 12.1. The molecule has 0 bridgehead atoms. The number of benzene rings is 1. The summed E-state index contributed by atoms with van der Waals surface area (Å²) < 4.78 is 11.5. The van der Waals surface area contributed by atoms with Gasteiger partial charge in [0.25, 0.3) is 5.91 Å². The summed E-state index contributed by atoms with van der Waals surface area (Å²) in [6.07, 6.45) is 0.00643. The summed E-state index contributed by atoms with van der Waals surface area (Å²) >= 11 is 2.07. The van der Waals surface area contributed by atoms with Crippen LogP contribution in [0.15, 0.2) is 24.3 Å². The SMILES string of the molecule is C[C@@H]1CN(C(=O)COC(=O)c2ccccc2I)C[C@H](C)O1. The lowest BCUT2D eigenvalue weighted by Gasteiger charge is -2.35. The van der Waals surface area contributed by atoms with Gasteiger partial charge in [-0.15, -0.1) is 0 Å². The van der Waals surface area contributed by atoms with Gasteiger partial charge in [-0.05, 0) is 48.6 Å². The summed E-state index contributed by atoms with van der Waals surface area (Å²) in [5, 5.41) is 0. The highest BCUT2D eigenvalue weighted by Crippen LogP contribution is 2.14. The van der Waals surface area contributed by atoms with Gasteiger partial charge in [0, 0.05) is 16.7 Å². The van der Waals surface area contributed by atoms with E-state index in [1.54, 1.807) is 17.0 Å². The fourth-order valence-corrected chi connectivity index (χ4v) is 2.91. The Hall–Kier alpha value is -1.15. The molecule has 1 aliphatic rings. The molecule has 0 aromatic heterocycles. The van der Waals surface area contributed by atoms with Crippen LogP contribution in [-0.2, 0) is 14.3 Å². The Morgan fingerprint density at radius 1 is 1.29 bits per heavy atom. The molecule has 2 atom stereocenters. The van der Waals surface area contributed by atoms with Crippen LogP contribution >= 0.6 is 22.6 Å². The van der Waals surface area contributed by atoms with E-state index in [1.807, 2.05) is 26.0 Å². The second kappa shape index (κ2) is 7.22. The smallest absolute Gasteiger partial charge is 0.339 e. The molecular weight excluding hydrogens is 385 g/mol. The molecule has 114 valence electrons. The molecule has 0 unspecified atom stereocenters. The zero-order chi connectivity index (χ0) is 15.4. The minimum atomic E-state index is -0.470. The van der Waals surface area contributed by atoms with Crippen LogP contribution in [0.2, 0.25) is 0 Å². The molecule has 1 aromatic carbocycles. The molecule has 1 aliphatic heterocycles. The van der Waals surface area contributed by atoms with E-state index in [9.17, 15) is 9.59 Å². The molecular formula is C15H18INO4. The molecule has 0 radical (unpaired) electrons. The van der Waals surface area contributed by atoms with Crippen molar-refractivity contribution < 1.29 is 19.1 Å². The predicted molar refractivity (Wildman–Crippen MR) is 86.0 cm³/mol. The van der Waals surface area contributed by atoms with E-state index in [2.05, 4.69) is 22.6 Å². The normalized spacial score (nSPS) is 22.0. The lowest BCUT2D eigenvalue weighted by molar-refractivity contribution is -0.146. The van der Waals surface area contributed by atoms with Crippen LogP contribution in [0.1, 0.15) is 24.2 Å². The fourth-order valence-electron chi connectivity index (χ4n) is 2.30. The average molecular weight is 403 g/mol. The second-order valence-electron chi connectivity index (χ2n) is 5.11. The van der Waals surface area contributed by atoms with Crippen LogP contribution in [-0.4, -0.2) is 48.7 Å². The summed E-state index contributed by atoms with van der Waals surface area (Å²) in [7, 11) is 0. The van der Waals surface area contributed by atoms with Crippen LogP contribution in [0.5, 0.6) is 0 Å². The zero-order valence-corrected chi connectivity index (χ0v) is 14.2. The molecule has 5 nitrogen and oxygen atoms in total. The van der Waals surface area contributed by atoms with Gasteiger partial charge in [0.1, 0.15) is 0 Å². The highest BCUT2D eigenvalue weighted by molar-refractivity contribution is 14.1. The maximum Gasteiger partial charge on any atom is 0.339 e. The second-order valence-corrected chi connectivity index (χ2v) is 6.27. The van der Waals surface area contributed by atoms with E-state index in [-0.39, 0.29) is 24.7 Å². The van der Waals surface area contributed by atoms with Gasteiger partial charge in [-0.3, -0.25) is 4.79 Å². The molecule has 0 N–H and O–H groups in total. The van der Waals surface area contributed by atoms with Crippen LogP contribution < -0.4 is 0 Å². The summed E-state index contributed by atoms with van der Waals surface area (Å²) in [5.74, 6) is -0.654. The third-order valence-corrected chi connectivity index (χ3v) is 4.13. The molecule has 1 amide bonds. The Balaban J connectivity index is 1.89. The van der Waals surface area contributed by atoms with Crippen LogP contribution in [0.4, 0.5) is 0 Å². The minimum Gasteiger partial charge on any atom is -0.452 e. The number of hydrogen-bond acceptors (Lipinski definition) is 4. The van der Waals surface area contributed by atoms with Crippen molar-refractivity contribution in [2.45, 2.75) is 26.1 Å². The van der Waals surface area contributed by atoms with Crippen molar-refractivity contribution in [2.75, 3.05) is 19.7 Å². The first-order chi connectivity index (χ1) is 9.97. The lowest BCUT2D eigenvalue weighted by Crippen LogP contribution is -2.49. The topological polar surface area (TPSA) is 55.8 Å². The number of rotatable bonds is 3. The van der Waals surface area contributed by atoms with E-state index >= 15 is 0 Å². The Morgan fingerprint density at radius 2 is 1.90 bits per heavy atom. The van der Waals surface area contributed by atoms with Gasteiger partial charge in [-0.25, -0.2) is 4.79 Å². The molecule has 0 saturated carbocycles. The Kier molecular flexibility index (Phi) is 5.58. The standard InChI is InChI=1S/C15H18INO4/c1-10-7-17(8-11(2)21-10)14(18)9-20-15(19)12-5-3-4-6-13(12)16/h3-6,10-11H,7-9H2,1-2H3/t10-,11+. The van der Waals surface area contributed by atoms with Gasteiger partial charge in [-0.2, -0.15) is 0 Å². The van der Waals surface area contributed by atoms with Crippen molar-refractivity contribution in [2.24, 2.45) is 0 Å². The van der Waals surface area contributed by atoms with Gasteiger partial charge in [0.15, 0.2) is 6.61 Å². The highest BCUT2D eigenvalue weighted by atomic mass is 127.